The Bertz CT molecular complexity index is 577. The number of rotatable bonds is 3. The van der Waals surface area contributed by atoms with Gasteiger partial charge in [0, 0.05) is 17.8 Å². The van der Waals surface area contributed by atoms with Crippen LogP contribution in [0.2, 0.25) is 5.02 Å². The van der Waals surface area contributed by atoms with E-state index >= 15 is 0 Å². The summed E-state index contributed by atoms with van der Waals surface area (Å²) in [4.78, 5) is 14.0. The molecule has 2 rings (SSSR count). The first kappa shape index (κ1) is 13.6. The average Bonchev–Trinajstić information content (AvgIpc) is 2.83. The molecule has 5 heteroatoms. The summed E-state index contributed by atoms with van der Waals surface area (Å²) in [7, 11) is 1.79. The number of hydrogen-bond acceptors (Lipinski definition) is 2. The Balaban J connectivity index is 2.19. The highest BCUT2D eigenvalue weighted by atomic mass is 35.5. The van der Waals surface area contributed by atoms with Crippen molar-refractivity contribution in [3.05, 3.63) is 52.3 Å². The van der Waals surface area contributed by atoms with Crippen molar-refractivity contribution in [3.8, 4) is 0 Å². The van der Waals surface area contributed by atoms with Crippen molar-refractivity contribution in [1.82, 2.24) is 15.1 Å². The highest BCUT2D eigenvalue weighted by Gasteiger charge is 2.21. The number of halogens is 1. The maximum atomic E-state index is 12.3. The van der Waals surface area contributed by atoms with Crippen LogP contribution in [0, 0.1) is 6.92 Å². The van der Waals surface area contributed by atoms with Crippen LogP contribution in [0.5, 0.6) is 0 Å². The van der Waals surface area contributed by atoms with Gasteiger partial charge >= 0.3 is 0 Å². The quantitative estimate of drug-likeness (QED) is 0.936. The molecule has 1 amide bonds. The van der Waals surface area contributed by atoms with Crippen LogP contribution in [0.3, 0.4) is 0 Å². The summed E-state index contributed by atoms with van der Waals surface area (Å²) in [6.07, 6.45) is 1.56. The molecule has 19 heavy (non-hydrogen) atoms. The fourth-order valence-corrected chi connectivity index (χ4v) is 2.02. The molecule has 1 atom stereocenters. The zero-order chi connectivity index (χ0) is 14.0. The Labute approximate surface area is 117 Å². The van der Waals surface area contributed by atoms with Crippen molar-refractivity contribution in [2.75, 3.05) is 7.05 Å². The number of aryl methyl sites for hydroxylation is 1. The van der Waals surface area contributed by atoms with Crippen molar-refractivity contribution in [2.45, 2.75) is 19.9 Å². The van der Waals surface area contributed by atoms with Crippen LogP contribution in [0.1, 0.15) is 34.6 Å². The Morgan fingerprint density at radius 1 is 1.37 bits per heavy atom. The van der Waals surface area contributed by atoms with Gasteiger partial charge in [-0.25, -0.2) is 0 Å². The number of hydrogen-bond donors (Lipinski definition) is 1. The SMILES string of the molecule is Cc1[nH]ncc1C(=O)N(C)C(C)c1ccc(Cl)cc1. The van der Waals surface area contributed by atoms with E-state index in [9.17, 15) is 4.79 Å². The van der Waals surface area contributed by atoms with Gasteiger partial charge in [0.2, 0.25) is 0 Å². The van der Waals surface area contributed by atoms with Crippen molar-refractivity contribution in [2.24, 2.45) is 0 Å². The lowest BCUT2D eigenvalue weighted by molar-refractivity contribution is 0.0742. The largest absolute Gasteiger partial charge is 0.335 e. The van der Waals surface area contributed by atoms with E-state index in [0.29, 0.717) is 10.6 Å². The molecular weight excluding hydrogens is 262 g/mol. The number of amides is 1. The Hall–Kier alpha value is -1.81. The summed E-state index contributed by atoms with van der Waals surface area (Å²) < 4.78 is 0. The van der Waals surface area contributed by atoms with Crippen LogP contribution in [-0.4, -0.2) is 28.1 Å². The summed E-state index contributed by atoms with van der Waals surface area (Å²) in [5.74, 6) is -0.0475. The molecule has 0 spiro atoms. The number of H-pyrrole nitrogens is 1. The van der Waals surface area contributed by atoms with E-state index in [1.54, 1.807) is 18.1 Å². The molecule has 100 valence electrons. The van der Waals surface area contributed by atoms with Gasteiger partial charge in [0.1, 0.15) is 0 Å². The number of benzene rings is 1. The molecule has 0 saturated heterocycles. The second kappa shape index (κ2) is 5.45. The Morgan fingerprint density at radius 2 is 2.00 bits per heavy atom. The first-order valence-electron chi connectivity index (χ1n) is 6.03. The molecule has 1 heterocycles. The van der Waals surface area contributed by atoms with Crippen molar-refractivity contribution < 1.29 is 4.79 Å². The Morgan fingerprint density at radius 3 is 2.53 bits per heavy atom. The monoisotopic (exact) mass is 277 g/mol. The molecule has 4 nitrogen and oxygen atoms in total. The smallest absolute Gasteiger partial charge is 0.257 e. The Kier molecular flexibility index (Phi) is 3.90. The van der Waals surface area contributed by atoms with Gasteiger partial charge in [-0.2, -0.15) is 5.10 Å². The first-order chi connectivity index (χ1) is 9.00. The number of nitrogens with one attached hydrogen (secondary N) is 1. The summed E-state index contributed by atoms with van der Waals surface area (Å²) in [6.45, 7) is 3.82. The van der Waals surface area contributed by atoms with E-state index in [-0.39, 0.29) is 11.9 Å². The third-order valence-electron chi connectivity index (χ3n) is 3.31. The van der Waals surface area contributed by atoms with E-state index in [1.807, 2.05) is 38.1 Å². The van der Waals surface area contributed by atoms with Gasteiger partial charge in [-0.05, 0) is 31.5 Å². The van der Waals surface area contributed by atoms with E-state index in [2.05, 4.69) is 10.2 Å². The summed E-state index contributed by atoms with van der Waals surface area (Å²) in [6, 6.07) is 7.49. The van der Waals surface area contributed by atoms with Crippen molar-refractivity contribution in [1.29, 1.82) is 0 Å². The van der Waals surface area contributed by atoms with E-state index in [1.165, 1.54) is 0 Å². The molecule has 2 aromatic rings. The zero-order valence-electron chi connectivity index (χ0n) is 11.1. The number of aromatic amines is 1. The van der Waals surface area contributed by atoms with Crippen molar-refractivity contribution >= 4 is 17.5 Å². The summed E-state index contributed by atoms with van der Waals surface area (Å²) >= 11 is 5.87. The molecular formula is C14H16ClN3O. The van der Waals surface area contributed by atoms with Gasteiger partial charge in [0.25, 0.3) is 5.91 Å². The van der Waals surface area contributed by atoms with Crippen LogP contribution in [-0.2, 0) is 0 Å². The first-order valence-corrected chi connectivity index (χ1v) is 6.41. The molecule has 0 aliphatic rings. The minimum Gasteiger partial charge on any atom is -0.335 e. The molecule has 1 aromatic heterocycles. The fourth-order valence-electron chi connectivity index (χ4n) is 1.90. The molecule has 1 N–H and O–H groups in total. The lowest BCUT2D eigenvalue weighted by atomic mass is 10.1. The van der Waals surface area contributed by atoms with Gasteiger partial charge in [0.15, 0.2) is 0 Å². The minimum atomic E-state index is -0.0475. The van der Waals surface area contributed by atoms with Gasteiger partial charge in [-0.3, -0.25) is 9.89 Å². The van der Waals surface area contributed by atoms with Gasteiger partial charge in [-0.15, -0.1) is 0 Å². The molecule has 0 fully saturated rings. The second-order valence-corrected chi connectivity index (χ2v) is 4.99. The van der Waals surface area contributed by atoms with Crippen LogP contribution in [0.4, 0.5) is 0 Å². The fraction of sp³-hybridized carbons (Fsp3) is 0.286. The number of aromatic nitrogens is 2. The zero-order valence-corrected chi connectivity index (χ0v) is 11.9. The maximum absolute atomic E-state index is 12.3. The molecule has 0 aliphatic carbocycles. The molecule has 1 aromatic carbocycles. The third-order valence-corrected chi connectivity index (χ3v) is 3.57. The standard InChI is InChI=1S/C14H16ClN3O/c1-9-13(8-16-17-9)14(19)18(3)10(2)11-4-6-12(15)7-5-11/h4-8,10H,1-3H3,(H,16,17). The highest BCUT2D eigenvalue weighted by molar-refractivity contribution is 6.30. The van der Waals surface area contributed by atoms with Crippen molar-refractivity contribution in [3.63, 3.8) is 0 Å². The number of carbonyl (C=O) groups excluding carboxylic acids is 1. The molecule has 0 bridgehead atoms. The number of nitrogens with zero attached hydrogens (tertiary/aromatic N) is 2. The lowest BCUT2D eigenvalue weighted by Crippen LogP contribution is -2.29. The molecule has 1 unspecified atom stereocenters. The predicted molar refractivity (Wildman–Crippen MR) is 75.3 cm³/mol. The van der Waals surface area contributed by atoms with E-state index in [4.69, 9.17) is 11.6 Å². The molecule has 0 radical (unpaired) electrons. The predicted octanol–water partition coefficient (Wildman–Crippen LogP) is 3.20. The van der Waals surface area contributed by atoms with Gasteiger partial charge in [-0.1, -0.05) is 23.7 Å². The topological polar surface area (TPSA) is 49.0 Å². The van der Waals surface area contributed by atoms with Crippen LogP contribution in [0.15, 0.2) is 30.5 Å². The highest BCUT2D eigenvalue weighted by Crippen LogP contribution is 2.22. The van der Waals surface area contributed by atoms with Gasteiger partial charge < -0.3 is 4.90 Å². The van der Waals surface area contributed by atoms with Crippen LogP contribution < -0.4 is 0 Å². The minimum absolute atomic E-state index is 0.0286. The van der Waals surface area contributed by atoms with E-state index in [0.717, 1.165) is 11.3 Å². The normalized spacial score (nSPS) is 12.2. The van der Waals surface area contributed by atoms with Crippen LogP contribution >= 0.6 is 11.6 Å². The average molecular weight is 278 g/mol. The molecule has 0 aliphatic heterocycles. The third kappa shape index (κ3) is 2.79. The van der Waals surface area contributed by atoms with E-state index < -0.39 is 0 Å². The van der Waals surface area contributed by atoms with Crippen LogP contribution in [0.25, 0.3) is 0 Å². The summed E-state index contributed by atoms with van der Waals surface area (Å²) in [5, 5.41) is 7.34. The number of carbonyl (C=O) groups is 1. The second-order valence-electron chi connectivity index (χ2n) is 4.55. The molecule has 0 saturated carbocycles. The van der Waals surface area contributed by atoms with Gasteiger partial charge in [0.05, 0.1) is 17.8 Å². The maximum Gasteiger partial charge on any atom is 0.257 e. The summed E-state index contributed by atoms with van der Waals surface area (Å²) in [5.41, 5.74) is 2.42. The lowest BCUT2D eigenvalue weighted by Gasteiger charge is -2.25.